The summed E-state index contributed by atoms with van der Waals surface area (Å²) in [6, 6.07) is 7.75. The fourth-order valence-electron chi connectivity index (χ4n) is 1.35. The Morgan fingerprint density at radius 2 is 2.00 bits per heavy atom. The summed E-state index contributed by atoms with van der Waals surface area (Å²) in [5.41, 5.74) is 0.815. The highest BCUT2D eigenvalue weighted by molar-refractivity contribution is 7.99. The first-order valence-corrected chi connectivity index (χ1v) is 6.51. The molecule has 0 amide bonds. The van der Waals surface area contributed by atoms with Crippen molar-refractivity contribution in [3.8, 4) is 0 Å². The van der Waals surface area contributed by atoms with Gasteiger partial charge in [-0.25, -0.2) is 0 Å². The van der Waals surface area contributed by atoms with E-state index in [-0.39, 0.29) is 5.78 Å². The smallest absolute Gasteiger partial charge is 0.162 e. The maximum absolute atomic E-state index is 11.7. The summed E-state index contributed by atoms with van der Waals surface area (Å²) in [6.45, 7) is 2.10. The van der Waals surface area contributed by atoms with Crippen LogP contribution in [0.2, 0.25) is 0 Å². The number of thioether (sulfide) groups is 1. The van der Waals surface area contributed by atoms with Gasteiger partial charge in [-0.15, -0.1) is 0 Å². The molecule has 0 saturated carbocycles. The quantitative estimate of drug-likeness (QED) is 0.411. The molecule has 0 fully saturated rings. The van der Waals surface area contributed by atoms with Crippen LogP contribution >= 0.6 is 11.8 Å². The van der Waals surface area contributed by atoms with E-state index in [0.29, 0.717) is 12.4 Å². The van der Waals surface area contributed by atoms with E-state index in [1.165, 1.54) is 0 Å². The third-order valence-corrected chi connectivity index (χ3v) is 3.24. The highest BCUT2D eigenvalue weighted by atomic mass is 32.2. The number of Topliss-reactive ketones (excluding diaryl/α,β-unsaturated/α-hetero) is 1. The second-order valence-corrected chi connectivity index (χ2v) is 4.60. The summed E-state index contributed by atoms with van der Waals surface area (Å²) in [7, 11) is 1.68. The van der Waals surface area contributed by atoms with Crippen molar-refractivity contribution in [3.63, 3.8) is 0 Å². The lowest BCUT2D eigenvalue weighted by atomic mass is 10.1. The van der Waals surface area contributed by atoms with E-state index >= 15 is 0 Å². The minimum Gasteiger partial charge on any atom is -0.374 e. The van der Waals surface area contributed by atoms with Crippen LogP contribution in [0.5, 0.6) is 0 Å². The molecule has 0 heterocycles. The number of benzene rings is 1. The van der Waals surface area contributed by atoms with Crippen LogP contribution in [-0.2, 0) is 4.74 Å². The van der Waals surface area contributed by atoms with Crippen molar-refractivity contribution in [1.29, 1.82) is 0 Å². The van der Waals surface area contributed by atoms with Gasteiger partial charge >= 0.3 is 0 Å². The average Bonchev–Trinajstić information content (AvgIpc) is 2.34. The fraction of sp³-hybridized carbons (Fsp3) is 0.462. The number of ketones is 1. The molecule has 0 bridgehead atoms. The lowest BCUT2D eigenvalue weighted by molar-refractivity contribution is 0.0979. The van der Waals surface area contributed by atoms with Crippen LogP contribution in [0.25, 0.3) is 0 Å². The minimum atomic E-state index is 0.241. The zero-order chi connectivity index (χ0) is 11.8. The Morgan fingerprint density at radius 1 is 1.31 bits per heavy atom. The van der Waals surface area contributed by atoms with E-state index in [1.54, 1.807) is 18.9 Å². The van der Waals surface area contributed by atoms with E-state index in [9.17, 15) is 4.79 Å². The van der Waals surface area contributed by atoms with Gasteiger partial charge in [-0.2, -0.15) is 0 Å². The Labute approximate surface area is 101 Å². The van der Waals surface area contributed by atoms with Crippen LogP contribution < -0.4 is 0 Å². The number of ether oxygens (including phenoxy) is 1. The van der Waals surface area contributed by atoms with E-state index in [4.69, 9.17) is 4.74 Å². The van der Waals surface area contributed by atoms with E-state index < -0.39 is 0 Å². The first-order chi connectivity index (χ1) is 7.77. The first-order valence-electron chi connectivity index (χ1n) is 5.53. The molecule has 0 aliphatic rings. The molecule has 1 aromatic carbocycles. The zero-order valence-corrected chi connectivity index (χ0v) is 10.7. The second-order valence-electron chi connectivity index (χ2n) is 3.60. The second kappa shape index (κ2) is 7.47. The molecule has 0 aliphatic carbocycles. The highest BCUT2D eigenvalue weighted by Gasteiger charge is 2.04. The Kier molecular flexibility index (Phi) is 6.19. The van der Waals surface area contributed by atoms with Gasteiger partial charge in [0.1, 0.15) is 0 Å². The Balaban J connectivity index is 2.53. The molecule has 2 nitrogen and oxygen atoms in total. The predicted molar refractivity (Wildman–Crippen MR) is 68.0 cm³/mol. The van der Waals surface area contributed by atoms with Gasteiger partial charge in [0.15, 0.2) is 5.78 Å². The van der Waals surface area contributed by atoms with Crippen LogP contribution in [0, 0.1) is 0 Å². The van der Waals surface area contributed by atoms with Crippen molar-refractivity contribution in [3.05, 3.63) is 29.8 Å². The summed E-state index contributed by atoms with van der Waals surface area (Å²) in [4.78, 5) is 12.8. The topological polar surface area (TPSA) is 26.3 Å². The van der Waals surface area contributed by atoms with Crippen LogP contribution in [0.4, 0.5) is 0 Å². The van der Waals surface area contributed by atoms with E-state index in [0.717, 1.165) is 23.3 Å². The molecule has 88 valence electrons. The standard InChI is InChI=1S/C13H18O2S/c1-3-4-5-13(14)11-6-8-12(9-7-11)16-10-15-2/h6-9H,3-5,10H2,1-2H3. The Bertz CT molecular complexity index is 319. The molecule has 0 aliphatic heterocycles. The van der Waals surface area contributed by atoms with Crippen molar-refractivity contribution in [1.82, 2.24) is 0 Å². The van der Waals surface area contributed by atoms with Gasteiger partial charge in [-0.3, -0.25) is 4.79 Å². The van der Waals surface area contributed by atoms with Crippen molar-refractivity contribution in [2.75, 3.05) is 13.0 Å². The number of hydrogen-bond donors (Lipinski definition) is 0. The summed E-state index contributed by atoms with van der Waals surface area (Å²) in [5.74, 6) is 0.883. The summed E-state index contributed by atoms with van der Waals surface area (Å²) < 4.78 is 4.97. The molecule has 1 aromatic rings. The third kappa shape index (κ3) is 4.37. The van der Waals surface area contributed by atoms with Gasteiger partial charge < -0.3 is 4.74 Å². The fourth-order valence-corrected chi connectivity index (χ4v) is 1.93. The monoisotopic (exact) mass is 238 g/mol. The van der Waals surface area contributed by atoms with Crippen LogP contribution in [0.1, 0.15) is 36.5 Å². The molecule has 0 saturated heterocycles. The van der Waals surface area contributed by atoms with Crippen LogP contribution in [0.3, 0.4) is 0 Å². The van der Waals surface area contributed by atoms with E-state index in [1.807, 2.05) is 24.3 Å². The lowest BCUT2D eigenvalue weighted by Crippen LogP contribution is -1.98. The van der Waals surface area contributed by atoms with E-state index in [2.05, 4.69) is 6.92 Å². The predicted octanol–water partition coefficient (Wildman–Crippen LogP) is 3.76. The van der Waals surface area contributed by atoms with Crippen molar-refractivity contribution in [2.24, 2.45) is 0 Å². The van der Waals surface area contributed by atoms with Crippen molar-refractivity contribution in [2.45, 2.75) is 31.1 Å². The third-order valence-electron chi connectivity index (χ3n) is 2.28. The number of carbonyl (C=O) groups excluding carboxylic acids is 1. The molecule has 0 atom stereocenters. The van der Waals surface area contributed by atoms with Gasteiger partial charge in [0.05, 0.1) is 5.94 Å². The summed E-state index contributed by atoms with van der Waals surface area (Å²) in [6.07, 6.45) is 2.69. The molecule has 0 aromatic heterocycles. The van der Waals surface area contributed by atoms with Crippen molar-refractivity contribution >= 4 is 17.5 Å². The molecule has 1 rings (SSSR count). The SMILES string of the molecule is CCCCC(=O)c1ccc(SCOC)cc1. The molecule has 16 heavy (non-hydrogen) atoms. The maximum atomic E-state index is 11.7. The van der Waals surface area contributed by atoms with Gasteiger partial charge in [0.2, 0.25) is 0 Å². The van der Waals surface area contributed by atoms with Gasteiger partial charge in [0.25, 0.3) is 0 Å². The molecular formula is C13H18O2S. The minimum absolute atomic E-state index is 0.241. The molecule has 0 N–H and O–H groups in total. The zero-order valence-electron chi connectivity index (χ0n) is 9.86. The number of methoxy groups -OCH3 is 1. The van der Waals surface area contributed by atoms with Gasteiger partial charge in [-0.1, -0.05) is 37.2 Å². The Hall–Kier alpha value is -0.800. The maximum Gasteiger partial charge on any atom is 0.162 e. The lowest BCUT2D eigenvalue weighted by Gasteiger charge is -2.02. The molecule has 3 heteroatoms. The summed E-state index contributed by atoms with van der Waals surface area (Å²) >= 11 is 1.63. The molecule has 0 unspecified atom stereocenters. The largest absolute Gasteiger partial charge is 0.374 e. The average molecular weight is 238 g/mol. The van der Waals surface area contributed by atoms with Gasteiger partial charge in [-0.05, 0) is 18.6 Å². The number of rotatable bonds is 7. The van der Waals surface area contributed by atoms with Crippen LogP contribution in [0.15, 0.2) is 29.2 Å². The molecule has 0 spiro atoms. The molecular weight excluding hydrogens is 220 g/mol. The Morgan fingerprint density at radius 3 is 2.56 bits per heavy atom. The number of carbonyl (C=O) groups is 1. The van der Waals surface area contributed by atoms with Crippen LogP contribution in [-0.4, -0.2) is 18.8 Å². The molecule has 0 radical (unpaired) electrons. The summed E-state index contributed by atoms with van der Waals surface area (Å²) in [5, 5.41) is 0. The van der Waals surface area contributed by atoms with Gasteiger partial charge in [0, 0.05) is 24.0 Å². The highest BCUT2D eigenvalue weighted by Crippen LogP contribution is 2.19. The van der Waals surface area contributed by atoms with Crippen molar-refractivity contribution < 1.29 is 9.53 Å². The normalized spacial score (nSPS) is 10.4. The first kappa shape index (κ1) is 13.3. The number of unbranched alkanes of at least 4 members (excludes halogenated alkanes) is 1. The number of hydrogen-bond acceptors (Lipinski definition) is 3.